The highest BCUT2D eigenvalue weighted by Crippen LogP contribution is 2.18. The average Bonchev–Trinajstić information content (AvgIpc) is 2.48. The molecule has 0 aliphatic heterocycles. The zero-order valence-electron chi connectivity index (χ0n) is 11.7. The van der Waals surface area contributed by atoms with Gasteiger partial charge in [-0.25, -0.2) is 4.79 Å². The van der Waals surface area contributed by atoms with Crippen molar-refractivity contribution in [3.63, 3.8) is 0 Å². The summed E-state index contributed by atoms with van der Waals surface area (Å²) < 4.78 is 5.52. The predicted octanol–water partition coefficient (Wildman–Crippen LogP) is 4.77. The molecule has 0 bridgehead atoms. The van der Waals surface area contributed by atoms with Gasteiger partial charge in [0.2, 0.25) is 0 Å². The van der Waals surface area contributed by atoms with Crippen LogP contribution in [0.5, 0.6) is 5.75 Å². The highest BCUT2D eigenvalue weighted by Gasteiger charge is 2.03. The summed E-state index contributed by atoms with van der Waals surface area (Å²) in [5, 5.41) is 6.12. The lowest BCUT2D eigenvalue weighted by atomic mass is 10.3. The van der Waals surface area contributed by atoms with Crippen molar-refractivity contribution in [1.82, 2.24) is 0 Å². The molecule has 2 rings (SSSR count). The number of amides is 2. The molecule has 0 aliphatic rings. The summed E-state index contributed by atoms with van der Waals surface area (Å²) >= 11 is 5.79. The van der Waals surface area contributed by atoms with Gasteiger partial charge in [-0.05, 0) is 42.8 Å². The standard InChI is InChI=1S/C16H17ClN2O2/c1-2-10-21-15-5-3-4-14(11-15)19-16(20)18-13-8-6-12(17)7-9-13/h3-9,11H,2,10H2,1H3,(H2,18,19,20). The number of nitrogens with one attached hydrogen (secondary N) is 2. The monoisotopic (exact) mass is 304 g/mol. The van der Waals surface area contributed by atoms with Gasteiger partial charge in [0.05, 0.1) is 6.61 Å². The number of benzene rings is 2. The van der Waals surface area contributed by atoms with Crippen LogP contribution in [0.25, 0.3) is 0 Å². The Morgan fingerprint density at radius 3 is 2.52 bits per heavy atom. The van der Waals surface area contributed by atoms with E-state index in [9.17, 15) is 4.79 Å². The third-order valence-corrected chi connectivity index (χ3v) is 2.92. The third-order valence-electron chi connectivity index (χ3n) is 2.67. The second-order valence-corrected chi connectivity index (χ2v) is 4.90. The topological polar surface area (TPSA) is 50.4 Å². The number of carbonyl (C=O) groups excluding carboxylic acids is 1. The molecule has 110 valence electrons. The Morgan fingerprint density at radius 2 is 1.81 bits per heavy atom. The van der Waals surface area contributed by atoms with Gasteiger partial charge in [-0.15, -0.1) is 0 Å². The van der Waals surface area contributed by atoms with Crippen molar-refractivity contribution >= 4 is 29.0 Å². The Balaban J connectivity index is 1.94. The minimum atomic E-state index is -0.315. The molecule has 0 radical (unpaired) electrons. The SMILES string of the molecule is CCCOc1cccc(NC(=O)Nc2ccc(Cl)cc2)c1. The van der Waals surface area contributed by atoms with E-state index >= 15 is 0 Å². The van der Waals surface area contributed by atoms with Gasteiger partial charge in [-0.1, -0.05) is 24.6 Å². The lowest BCUT2D eigenvalue weighted by Crippen LogP contribution is -2.19. The lowest BCUT2D eigenvalue weighted by Gasteiger charge is -2.09. The summed E-state index contributed by atoms with van der Waals surface area (Å²) in [5.41, 5.74) is 1.35. The Labute approximate surface area is 129 Å². The number of hydrogen-bond donors (Lipinski definition) is 2. The van der Waals surface area contributed by atoms with Gasteiger partial charge >= 0.3 is 6.03 Å². The first kappa shape index (κ1) is 15.2. The maximum absolute atomic E-state index is 11.9. The van der Waals surface area contributed by atoms with Crippen LogP contribution >= 0.6 is 11.6 Å². The highest BCUT2D eigenvalue weighted by atomic mass is 35.5. The van der Waals surface area contributed by atoms with Crippen LogP contribution in [-0.2, 0) is 0 Å². The van der Waals surface area contributed by atoms with Gasteiger partial charge in [0.15, 0.2) is 0 Å². The molecule has 2 aromatic rings. The summed E-state index contributed by atoms with van der Waals surface area (Å²) in [6, 6.07) is 13.9. The first-order valence-corrected chi connectivity index (χ1v) is 7.11. The van der Waals surface area contributed by atoms with Crippen molar-refractivity contribution in [1.29, 1.82) is 0 Å². The van der Waals surface area contributed by atoms with E-state index in [4.69, 9.17) is 16.3 Å². The Hall–Kier alpha value is -2.20. The van der Waals surface area contributed by atoms with E-state index in [2.05, 4.69) is 10.6 Å². The van der Waals surface area contributed by atoms with Gasteiger partial charge in [0, 0.05) is 22.5 Å². The number of hydrogen-bond acceptors (Lipinski definition) is 2. The fourth-order valence-corrected chi connectivity index (χ4v) is 1.84. The molecular weight excluding hydrogens is 288 g/mol. The predicted molar refractivity (Wildman–Crippen MR) is 86.3 cm³/mol. The summed E-state index contributed by atoms with van der Waals surface area (Å²) in [6.45, 7) is 2.70. The molecule has 0 unspecified atom stereocenters. The molecular formula is C16H17ClN2O2. The Morgan fingerprint density at radius 1 is 1.10 bits per heavy atom. The van der Waals surface area contributed by atoms with Crippen molar-refractivity contribution in [2.24, 2.45) is 0 Å². The second-order valence-electron chi connectivity index (χ2n) is 4.46. The number of halogens is 1. The molecule has 0 aliphatic carbocycles. The van der Waals surface area contributed by atoms with Crippen LogP contribution in [0.2, 0.25) is 5.02 Å². The van der Waals surface area contributed by atoms with Gasteiger partial charge in [-0.2, -0.15) is 0 Å². The molecule has 2 amide bonds. The number of urea groups is 1. The molecule has 0 heterocycles. The second kappa shape index (κ2) is 7.55. The van der Waals surface area contributed by atoms with Gasteiger partial charge in [0.25, 0.3) is 0 Å². The highest BCUT2D eigenvalue weighted by molar-refractivity contribution is 6.30. The van der Waals surface area contributed by atoms with Crippen molar-refractivity contribution in [2.45, 2.75) is 13.3 Å². The van der Waals surface area contributed by atoms with E-state index in [0.29, 0.717) is 23.0 Å². The normalized spacial score (nSPS) is 10.0. The van der Waals surface area contributed by atoms with Crippen LogP contribution in [0.1, 0.15) is 13.3 Å². The lowest BCUT2D eigenvalue weighted by molar-refractivity contribution is 0.262. The molecule has 0 spiro atoms. The van der Waals surface area contributed by atoms with Crippen LogP contribution in [0.3, 0.4) is 0 Å². The van der Waals surface area contributed by atoms with Crippen LogP contribution in [0.15, 0.2) is 48.5 Å². The van der Waals surface area contributed by atoms with Gasteiger partial charge in [0.1, 0.15) is 5.75 Å². The molecule has 2 N–H and O–H groups in total. The average molecular weight is 305 g/mol. The van der Waals surface area contributed by atoms with Crippen molar-refractivity contribution in [2.75, 3.05) is 17.2 Å². The van der Waals surface area contributed by atoms with E-state index in [1.807, 2.05) is 19.1 Å². The van der Waals surface area contributed by atoms with Crippen molar-refractivity contribution in [3.8, 4) is 5.75 Å². The fraction of sp³-hybridized carbons (Fsp3) is 0.188. The van der Waals surface area contributed by atoms with E-state index in [1.54, 1.807) is 36.4 Å². The third kappa shape index (κ3) is 5.00. The zero-order chi connectivity index (χ0) is 15.1. The molecule has 5 heteroatoms. The molecule has 0 saturated carbocycles. The van der Waals surface area contributed by atoms with Gasteiger partial charge in [-0.3, -0.25) is 0 Å². The maximum Gasteiger partial charge on any atom is 0.323 e. The van der Waals surface area contributed by atoms with Crippen molar-refractivity contribution < 1.29 is 9.53 Å². The maximum atomic E-state index is 11.9. The largest absolute Gasteiger partial charge is 0.494 e. The van der Waals surface area contributed by atoms with Crippen LogP contribution in [-0.4, -0.2) is 12.6 Å². The molecule has 4 nitrogen and oxygen atoms in total. The number of ether oxygens (including phenoxy) is 1. The summed E-state index contributed by atoms with van der Waals surface area (Å²) in [5.74, 6) is 0.737. The first-order valence-electron chi connectivity index (χ1n) is 6.74. The van der Waals surface area contributed by atoms with E-state index in [1.165, 1.54) is 0 Å². The summed E-state index contributed by atoms with van der Waals surface area (Å²) in [7, 11) is 0. The number of carbonyl (C=O) groups is 1. The smallest absolute Gasteiger partial charge is 0.323 e. The van der Waals surface area contributed by atoms with Crippen LogP contribution in [0.4, 0.5) is 16.2 Å². The molecule has 0 saturated heterocycles. The zero-order valence-corrected chi connectivity index (χ0v) is 12.5. The number of anilines is 2. The molecule has 0 aromatic heterocycles. The van der Waals surface area contributed by atoms with E-state index in [0.717, 1.165) is 12.2 Å². The molecule has 0 fully saturated rings. The minimum absolute atomic E-state index is 0.315. The fourth-order valence-electron chi connectivity index (χ4n) is 1.71. The summed E-state index contributed by atoms with van der Waals surface area (Å²) in [6.07, 6.45) is 0.939. The molecule has 21 heavy (non-hydrogen) atoms. The van der Waals surface area contributed by atoms with Crippen molar-refractivity contribution in [3.05, 3.63) is 53.6 Å². The van der Waals surface area contributed by atoms with Crippen LogP contribution in [0, 0.1) is 0 Å². The van der Waals surface area contributed by atoms with Gasteiger partial charge < -0.3 is 15.4 Å². The molecule has 0 atom stereocenters. The van der Waals surface area contributed by atoms with Crippen LogP contribution < -0.4 is 15.4 Å². The minimum Gasteiger partial charge on any atom is -0.494 e. The Kier molecular flexibility index (Phi) is 5.46. The number of rotatable bonds is 5. The van der Waals surface area contributed by atoms with E-state index in [-0.39, 0.29) is 6.03 Å². The Bertz CT molecular complexity index is 599. The molecule has 2 aromatic carbocycles. The summed E-state index contributed by atoms with van der Waals surface area (Å²) in [4.78, 5) is 11.9. The first-order chi connectivity index (χ1) is 10.2. The quantitative estimate of drug-likeness (QED) is 0.835. The van der Waals surface area contributed by atoms with E-state index < -0.39 is 0 Å².